The van der Waals surface area contributed by atoms with Crippen molar-refractivity contribution in [2.24, 2.45) is 4.99 Å². The summed E-state index contributed by atoms with van der Waals surface area (Å²) in [5.74, 6) is 9.99. The zero-order valence-corrected chi connectivity index (χ0v) is 17.8. The van der Waals surface area contributed by atoms with Crippen LogP contribution in [0.4, 0.5) is 14.5 Å². The number of hydrogen-bond donors (Lipinski definition) is 0. The molecule has 0 atom stereocenters. The van der Waals surface area contributed by atoms with Crippen molar-refractivity contribution in [3.8, 4) is 23.7 Å². The van der Waals surface area contributed by atoms with Gasteiger partial charge in [-0.2, -0.15) is 4.99 Å². The lowest BCUT2D eigenvalue weighted by atomic mass is 10.1. The number of isothiocyanates is 1. The largest absolute Gasteiger partial charge is 0.205 e. The molecule has 0 saturated carbocycles. The van der Waals surface area contributed by atoms with E-state index in [9.17, 15) is 8.78 Å². The molecular formula is C27H19F2NS. The third-order valence-electron chi connectivity index (χ3n) is 4.54. The van der Waals surface area contributed by atoms with Gasteiger partial charge in [0.1, 0.15) is 11.6 Å². The van der Waals surface area contributed by atoms with Gasteiger partial charge in [-0.3, -0.25) is 0 Å². The van der Waals surface area contributed by atoms with Gasteiger partial charge >= 0.3 is 0 Å². The van der Waals surface area contributed by atoms with Crippen LogP contribution in [-0.4, -0.2) is 5.16 Å². The van der Waals surface area contributed by atoms with Crippen molar-refractivity contribution in [1.82, 2.24) is 0 Å². The van der Waals surface area contributed by atoms with Gasteiger partial charge in [0, 0.05) is 28.8 Å². The lowest BCUT2D eigenvalue weighted by molar-refractivity contribution is 0.578. The van der Waals surface area contributed by atoms with Crippen LogP contribution in [0.25, 0.3) is 0 Å². The zero-order chi connectivity index (χ0) is 22.1. The van der Waals surface area contributed by atoms with E-state index < -0.39 is 11.6 Å². The Balaban J connectivity index is 1.71. The summed E-state index contributed by atoms with van der Waals surface area (Å²) in [5.41, 5.74) is 3.50. The van der Waals surface area contributed by atoms with E-state index in [1.165, 1.54) is 18.4 Å². The third-order valence-corrected chi connectivity index (χ3v) is 4.63. The highest BCUT2D eigenvalue weighted by Crippen LogP contribution is 2.20. The number of halogens is 2. The maximum Gasteiger partial charge on any atom is 0.143 e. The molecule has 1 nitrogen and oxygen atoms in total. The molecule has 0 N–H and O–H groups in total. The molecule has 152 valence electrons. The molecule has 31 heavy (non-hydrogen) atoms. The summed E-state index contributed by atoms with van der Waals surface area (Å²) in [6.07, 6.45) is 3.46. The van der Waals surface area contributed by atoms with Gasteiger partial charge < -0.3 is 0 Å². The summed E-state index contributed by atoms with van der Waals surface area (Å²) < 4.78 is 28.1. The Hall–Kier alpha value is -3.56. The fourth-order valence-corrected chi connectivity index (χ4v) is 2.95. The van der Waals surface area contributed by atoms with Crippen LogP contribution in [0.15, 0.2) is 65.7 Å². The van der Waals surface area contributed by atoms with Crippen molar-refractivity contribution in [1.29, 1.82) is 0 Å². The van der Waals surface area contributed by atoms with E-state index >= 15 is 0 Å². The molecule has 0 saturated heterocycles. The second-order valence-corrected chi connectivity index (χ2v) is 7.05. The molecule has 3 aromatic carbocycles. The van der Waals surface area contributed by atoms with Crippen molar-refractivity contribution in [2.75, 3.05) is 0 Å². The van der Waals surface area contributed by atoms with E-state index in [0.29, 0.717) is 5.56 Å². The van der Waals surface area contributed by atoms with Crippen LogP contribution in [0.2, 0.25) is 0 Å². The van der Waals surface area contributed by atoms with Gasteiger partial charge in [-0.25, -0.2) is 8.78 Å². The number of aryl methyl sites for hydroxylation is 1. The lowest BCUT2D eigenvalue weighted by Crippen LogP contribution is -1.90. The van der Waals surface area contributed by atoms with Gasteiger partial charge in [0.15, 0.2) is 0 Å². The Labute approximate surface area is 186 Å². The average Bonchev–Trinajstić information content (AvgIpc) is 2.77. The minimum absolute atomic E-state index is 0.0640. The van der Waals surface area contributed by atoms with E-state index in [0.717, 1.165) is 29.7 Å². The van der Waals surface area contributed by atoms with Crippen molar-refractivity contribution < 1.29 is 8.78 Å². The predicted octanol–water partition coefficient (Wildman–Crippen LogP) is 6.84. The number of unbranched alkanes of at least 4 members (excludes halogenated alkanes) is 1. The highest BCUT2D eigenvalue weighted by atomic mass is 32.1. The quantitative estimate of drug-likeness (QED) is 0.252. The molecule has 0 aromatic heterocycles. The Morgan fingerprint density at radius 3 is 1.74 bits per heavy atom. The molecule has 3 rings (SSSR count). The van der Waals surface area contributed by atoms with Crippen molar-refractivity contribution >= 4 is 23.1 Å². The van der Waals surface area contributed by atoms with Crippen molar-refractivity contribution in [3.05, 3.63) is 100 Å². The first-order valence-corrected chi connectivity index (χ1v) is 10.3. The SMILES string of the molecule is CCCCc1ccc(C#Cc2ccc(C#Cc3c(F)cc(N=C=S)cc3F)cc2)cc1. The Morgan fingerprint density at radius 2 is 1.26 bits per heavy atom. The topological polar surface area (TPSA) is 12.4 Å². The fourth-order valence-electron chi connectivity index (χ4n) is 2.85. The molecule has 0 amide bonds. The summed E-state index contributed by atoms with van der Waals surface area (Å²) in [5, 5.41) is 2.08. The monoisotopic (exact) mass is 427 g/mol. The first-order valence-electron chi connectivity index (χ1n) is 9.89. The van der Waals surface area contributed by atoms with Gasteiger partial charge in [-0.1, -0.05) is 49.2 Å². The standard InChI is InChI=1S/C27H19F2NS/c1-2-3-4-20-5-7-21(8-6-20)9-10-22-11-13-23(14-12-22)15-16-25-26(28)17-24(30-19-31)18-27(25)29/h5-8,11-14,17-18H,2-4H2,1H3. The van der Waals surface area contributed by atoms with E-state index in [1.54, 1.807) is 12.1 Å². The normalized spacial score (nSPS) is 9.65. The summed E-state index contributed by atoms with van der Waals surface area (Å²) in [4.78, 5) is 3.58. The van der Waals surface area contributed by atoms with Crippen molar-refractivity contribution in [3.63, 3.8) is 0 Å². The second kappa shape index (κ2) is 11.0. The van der Waals surface area contributed by atoms with E-state index in [-0.39, 0.29) is 11.3 Å². The smallest absolute Gasteiger partial charge is 0.143 e. The minimum Gasteiger partial charge on any atom is -0.205 e. The van der Waals surface area contributed by atoms with Crippen LogP contribution in [-0.2, 0) is 6.42 Å². The van der Waals surface area contributed by atoms with Crippen LogP contribution in [0.1, 0.15) is 47.6 Å². The highest BCUT2D eigenvalue weighted by molar-refractivity contribution is 7.78. The number of hydrogen-bond acceptors (Lipinski definition) is 2. The molecule has 0 aliphatic carbocycles. The second-order valence-electron chi connectivity index (χ2n) is 6.87. The van der Waals surface area contributed by atoms with Crippen LogP contribution < -0.4 is 0 Å². The fraction of sp³-hybridized carbons (Fsp3) is 0.148. The summed E-state index contributed by atoms with van der Waals surface area (Å²) in [6, 6.07) is 17.6. The Kier molecular flexibility index (Phi) is 7.85. The average molecular weight is 428 g/mol. The van der Waals surface area contributed by atoms with E-state index in [4.69, 9.17) is 0 Å². The summed E-state index contributed by atoms with van der Waals surface area (Å²) in [6.45, 7) is 2.18. The molecular weight excluding hydrogens is 408 g/mol. The van der Waals surface area contributed by atoms with Gasteiger partial charge in [0.05, 0.1) is 16.4 Å². The summed E-state index contributed by atoms with van der Waals surface area (Å²) in [7, 11) is 0. The molecule has 3 aromatic rings. The summed E-state index contributed by atoms with van der Waals surface area (Å²) >= 11 is 4.45. The van der Waals surface area contributed by atoms with Crippen LogP contribution >= 0.6 is 12.2 Å². The lowest BCUT2D eigenvalue weighted by Gasteiger charge is -1.99. The Morgan fingerprint density at radius 1 is 0.774 bits per heavy atom. The molecule has 0 bridgehead atoms. The van der Waals surface area contributed by atoms with Gasteiger partial charge in [-0.05, 0) is 67.0 Å². The molecule has 0 aliphatic heterocycles. The molecule has 0 heterocycles. The Bertz CT molecular complexity index is 1210. The first-order chi connectivity index (χ1) is 15.1. The molecule has 0 aliphatic rings. The van der Waals surface area contributed by atoms with Gasteiger partial charge in [-0.15, -0.1) is 0 Å². The molecule has 0 radical (unpaired) electrons. The maximum atomic E-state index is 14.1. The molecule has 0 spiro atoms. The van der Waals surface area contributed by atoms with Crippen molar-refractivity contribution in [2.45, 2.75) is 26.2 Å². The number of aliphatic imine (C=N–C) groups is 1. The zero-order valence-electron chi connectivity index (χ0n) is 17.0. The molecule has 4 heteroatoms. The minimum atomic E-state index is -0.792. The third kappa shape index (κ3) is 6.46. The number of benzene rings is 3. The van der Waals surface area contributed by atoms with Crippen LogP contribution in [0.3, 0.4) is 0 Å². The van der Waals surface area contributed by atoms with Crippen LogP contribution in [0, 0.1) is 35.3 Å². The molecule has 0 fully saturated rings. The van der Waals surface area contributed by atoms with Gasteiger partial charge in [0.2, 0.25) is 0 Å². The highest BCUT2D eigenvalue weighted by Gasteiger charge is 2.08. The maximum absolute atomic E-state index is 14.1. The van der Waals surface area contributed by atoms with E-state index in [2.05, 4.69) is 65.1 Å². The predicted molar refractivity (Wildman–Crippen MR) is 124 cm³/mol. The number of nitrogens with zero attached hydrogens (tertiary/aromatic N) is 1. The molecule has 0 unspecified atom stereocenters. The van der Waals surface area contributed by atoms with Crippen LogP contribution in [0.5, 0.6) is 0 Å². The van der Waals surface area contributed by atoms with Gasteiger partial charge in [0.25, 0.3) is 0 Å². The first kappa shape index (κ1) is 22.1. The number of rotatable bonds is 4. The van der Waals surface area contributed by atoms with E-state index in [1.807, 2.05) is 24.3 Å². The number of thiocarbonyl (C=S) groups is 1.